The number of pyridine rings is 1. The van der Waals surface area contributed by atoms with E-state index in [4.69, 9.17) is 11.6 Å². The Morgan fingerprint density at radius 2 is 1.64 bits per heavy atom. The zero-order chi connectivity index (χ0) is 25.9. The second kappa shape index (κ2) is 10.4. The molecule has 10 heteroatoms. The van der Waals surface area contributed by atoms with Crippen molar-refractivity contribution in [1.29, 1.82) is 0 Å². The number of rotatable bonds is 7. The molecule has 0 unspecified atom stereocenters. The van der Waals surface area contributed by atoms with Crippen LogP contribution in [0.15, 0.2) is 77.6 Å². The molecule has 4 rings (SSSR count). The molecule has 1 aromatic heterocycles. The normalized spacial score (nSPS) is 11.5. The number of hydrogen-bond acceptors (Lipinski definition) is 3. The number of fused-ring (bicyclic) bond motifs is 1. The largest absolute Gasteiger partial charge is 0.573 e. The first-order chi connectivity index (χ1) is 17.1. The molecule has 0 fully saturated rings. The maximum absolute atomic E-state index is 13.3. The third kappa shape index (κ3) is 6.04. The lowest BCUT2D eigenvalue weighted by Crippen LogP contribution is -2.34. The van der Waals surface area contributed by atoms with E-state index in [0.717, 1.165) is 17.7 Å². The lowest BCUT2D eigenvalue weighted by atomic mass is 10.1. The Labute approximate surface area is 207 Å². The van der Waals surface area contributed by atoms with Gasteiger partial charge in [0.1, 0.15) is 17.1 Å². The van der Waals surface area contributed by atoms with Gasteiger partial charge in [-0.25, -0.2) is 4.39 Å². The molecule has 4 aromatic rings. The van der Waals surface area contributed by atoms with Gasteiger partial charge in [0, 0.05) is 17.0 Å². The first-order valence-electron chi connectivity index (χ1n) is 10.8. The summed E-state index contributed by atoms with van der Waals surface area (Å²) in [6.45, 7) is 0.198. The van der Waals surface area contributed by atoms with E-state index in [1.54, 1.807) is 30.3 Å². The lowest BCUT2D eigenvalue weighted by Gasteiger charge is -2.15. The molecule has 0 radical (unpaired) electrons. The van der Waals surface area contributed by atoms with Crippen molar-refractivity contribution in [3.63, 3.8) is 0 Å². The number of halogens is 5. The summed E-state index contributed by atoms with van der Waals surface area (Å²) < 4.78 is 55.6. The van der Waals surface area contributed by atoms with E-state index in [2.05, 4.69) is 10.1 Å². The Balaban J connectivity index is 1.61. The fourth-order valence-corrected chi connectivity index (χ4v) is 3.95. The maximum Gasteiger partial charge on any atom is 0.573 e. The van der Waals surface area contributed by atoms with Crippen molar-refractivity contribution in [3.8, 4) is 5.75 Å². The molecule has 1 heterocycles. The van der Waals surface area contributed by atoms with E-state index < -0.39 is 17.8 Å². The quantitative estimate of drug-likeness (QED) is 0.319. The van der Waals surface area contributed by atoms with Crippen molar-refractivity contribution >= 4 is 28.4 Å². The Morgan fingerprint density at radius 3 is 2.31 bits per heavy atom. The minimum atomic E-state index is -4.82. The van der Waals surface area contributed by atoms with Crippen LogP contribution in [0.4, 0.5) is 17.6 Å². The average molecular weight is 519 g/mol. The van der Waals surface area contributed by atoms with Crippen LogP contribution in [0.1, 0.15) is 21.5 Å². The number of carbonyl (C=O) groups excluding carboxylic acids is 1. The molecule has 0 saturated heterocycles. The second-order valence-corrected chi connectivity index (χ2v) is 8.35. The molecule has 186 valence electrons. The lowest BCUT2D eigenvalue weighted by molar-refractivity contribution is -0.274. The number of alkyl halides is 3. The van der Waals surface area contributed by atoms with Crippen LogP contribution in [-0.2, 0) is 13.0 Å². The number of benzene rings is 3. The Bertz CT molecular complexity index is 1450. The van der Waals surface area contributed by atoms with Gasteiger partial charge in [-0.05, 0) is 60.0 Å². The predicted molar refractivity (Wildman–Crippen MR) is 128 cm³/mol. The molecular weight excluding hydrogens is 500 g/mol. The van der Waals surface area contributed by atoms with Gasteiger partial charge in [-0.15, -0.1) is 13.2 Å². The van der Waals surface area contributed by atoms with Gasteiger partial charge in [-0.3, -0.25) is 9.59 Å². The van der Waals surface area contributed by atoms with E-state index in [-0.39, 0.29) is 30.2 Å². The van der Waals surface area contributed by atoms with Gasteiger partial charge in [-0.2, -0.15) is 0 Å². The van der Waals surface area contributed by atoms with Gasteiger partial charge in [-0.1, -0.05) is 41.9 Å². The molecule has 1 amide bonds. The first kappa shape index (κ1) is 25.2. The monoisotopic (exact) mass is 518 g/mol. The molecule has 0 spiro atoms. The highest BCUT2D eigenvalue weighted by Crippen LogP contribution is 2.25. The number of aromatic nitrogens is 1. The highest BCUT2D eigenvalue weighted by atomic mass is 35.5. The molecule has 36 heavy (non-hydrogen) atoms. The molecule has 0 aliphatic heterocycles. The van der Waals surface area contributed by atoms with E-state index in [9.17, 15) is 27.2 Å². The van der Waals surface area contributed by atoms with Gasteiger partial charge in [0.2, 0.25) is 0 Å². The Kier molecular flexibility index (Phi) is 7.30. The number of amides is 1. The molecule has 0 atom stereocenters. The van der Waals surface area contributed by atoms with Crippen LogP contribution in [0.5, 0.6) is 5.75 Å². The first-order valence-corrected chi connectivity index (χ1v) is 11.2. The fraction of sp³-hybridized carbons (Fsp3) is 0.154. The SMILES string of the molecule is O=C(NCCc1ccc(F)cc1)c1cc2c(Cl)cccc2n(Cc2ccc(OC(F)(F)F)cc2)c1=O. The smallest absolute Gasteiger partial charge is 0.406 e. The summed E-state index contributed by atoms with van der Waals surface area (Å²) in [5.41, 5.74) is 1.08. The Hall–Kier alpha value is -3.85. The van der Waals surface area contributed by atoms with Gasteiger partial charge >= 0.3 is 6.36 Å². The van der Waals surface area contributed by atoms with E-state index >= 15 is 0 Å². The van der Waals surface area contributed by atoms with Gasteiger partial charge < -0.3 is 14.6 Å². The van der Waals surface area contributed by atoms with E-state index in [1.807, 2.05) is 0 Å². The molecular formula is C26H19ClF4N2O3. The molecule has 3 aromatic carbocycles. The zero-order valence-electron chi connectivity index (χ0n) is 18.6. The van der Waals surface area contributed by atoms with Crippen LogP contribution < -0.4 is 15.6 Å². The number of carbonyl (C=O) groups is 1. The van der Waals surface area contributed by atoms with Crippen molar-refractivity contribution in [2.24, 2.45) is 0 Å². The Morgan fingerprint density at radius 1 is 0.972 bits per heavy atom. The summed E-state index contributed by atoms with van der Waals surface area (Å²) in [6, 6.07) is 17.3. The summed E-state index contributed by atoms with van der Waals surface area (Å²) in [4.78, 5) is 26.2. The van der Waals surface area contributed by atoms with Crippen LogP contribution in [0.25, 0.3) is 10.9 Å². The summed E-state index contributed by atoms with van der Waals surface area (Å²) in [5.74, 6) is -1.36. The van der Waals surface area contributed by atoms with Crippen molar-refractivity contribution in [3.05, 3.63) is 111 Å². The number of nitrogens with one attached hydrogen (secondary N) is 1. The van der Waals surface area contributed by atoms with Gasteiger partial charge in [0.05, 0.1) is 12.1 Å². The third-order valence-corrected chi connectivity index (χ3v) is 5.77. The summed E-state index contributed by atoms with van der Waals surface area (Å²) in [6.07, 6.45) is -4.38. The molecule has 5 nitrogen and oxygen atoms in total. The van der Waals surface area contributed by atoms with Crippen LogP contribution >= 0.6 is 11.6 Å². The van der Waals surface area contributed by atoms with E-state index in [0.29, 0.717) is 27.9 Å². The molecule has 0 bridgehead atoms. The topological polar surface area (TPSA) is 60.3 Å². The van der Waals surface area contributed by atoms with Crippen molar-refractivity contribution in [2.45, 2.75) is 19.3 Å². The summed E-state index contributed by atoms with van der Waals surface area (Å²) in [7, 11) is 0. The zero-order valence-corrected chi connectivity index (χ0v) is 19.4. The number of ether oxygens (including phenoxy) is 1. The number of hydrogen-bond donors (Lipinski definition) is 1. The molecule has 0 aliphatic carbocycles. The van der Waals surface area contributed by atoms with E-state index in [1.165, 1.54) is 34.9 Å². The predicted octanol–water partition coefficient (Wildman–Crippen LogP) is 5.71. The minimum Gasteiger partial charge on any atom is -0.406 e. The van der Waals surface area contributed by atoms with Gasteiger partial charge in [0.25, 0.3) is 11.5 Å². The van der Waals surface area contributed by atoms with Crippen molar-refractivity contribution in [2.75, 3.05) is 6.54 Å². The highest BCUT2D eigenvalue weighted by molar-refractivity contribution is 6.35. The van der Waals surface area contributed by atoms with Crippen LogP contribution in [0, 0.1) is 5.82 Å². The van der Waals surface area contributed by atoms with Gasteiger partial charge in [0.15, 0.2) is 0 Å². The third-order valence-electron chi connectivity index (χ3n) is 5.44. The van der Waals surface area contributed by atoms with Crippen LogP contribution in [-0.4, -0.2) is 23.4 Å². The summed E-state index contributed by atoms with van der Waals surface area (Å²) >= 11 is 6.34. The second-order valence-electron chi connectivity index (χ2n) is 7.95. The number of nitrogens with zero attached hydrogens (tertiary/aromatic N) is 1. The van der Waals surface area contributed by atoms with Crippen molar-refractivity contribution < 1.29 is 27.1 Å². The highest BCUT2D eigenvalue weighted by Gasteiger charge is 2.31. The standard InChI is InChI=1S/C26H19ClF4N2O3/c27-22-2-1-3-23-20(22)14-21(24(34)32-13-12-16-4-8-18(28)9-5-16)25(35)33(23)15-17-6-10-19(11-7-17)36-26(29,30)31/h1-11,14H,12-13,15H2,(H,32,34). The van der Waals surface area contributed by atoms with Crippen molar-refractivity contribution in [1.82, 2.24) is 9.88 Å². The van der Waals surface area contributed by atoms with Crippen LogP contribution in [0.2, 0.25) is 5.02 Å². The minimum absolute atomic E-state index is 0.0152. The fourth-order valence-electron chi connectivity index (χ4n) is 3.73. The average Bonchev–Trinajstić information content (AvgIpc) is 2.82. The summed E-state index contributed by atoms with van der Waals surface area (Å²) in [5, 5.41) is 3.50. The molecule has 1 N–H and O–H groups in total. The maximum atomic E-state index is 13.3. The molecule has 0 aliphatic rings. The molecule has 0 saturated carbocycles. The van der Waals surface area contributed by atoms with Crippen LogP contribution in [0.3, 0.4) is 0 Å².